The zero-order valence-electron chi connectivity index (χ0n) is 18.1. The van der Waals surface area contributed by atoms with E-state index in [-0.39, 0.29) is 0 Å². The number of aliphatic carboxylic acids is 2. The zero-order valence-corrected chi connectivity index (χ0v) is 18.1. The molecule has 0 aliphatic carbocycles. The summed E-state index contributed by atoms with van der Waals surface area (Å²) in [4.78, 5) is 24.4. The Balaban J connectivity index is 0.000000293. The number of rotatable bonds is 5. The first-order valence-corrected chi connectivity index (χ1v) is 10.7. The van der Waals surface area contributed by atoms with Crippen LogP contribution in [-0.2, 0) is 16.1 Å². The van der Waals surface area contributed by atoms with Crippen molar-refractivity contribution in [2.75, 3.05) is 31.1 Å². The zero-order chi connectivity index (χ0) is 22.4. The van der Waals surface area contributed by atoms with Gasteiger partial charge in [0.25, 0.3) is 0 Å². The summed E-state index contributed by atoms with van der Waals surface area (Å²) in [6, 6.07) is 13.9. The summed E-state index contributed by atoms with van der Waals surface area (Å²) in [6.45, 7) is 10.3. The number of carbonyl (C=O) groups is 2. The molecule has 0 bridgehead atoms. The molecule has 1 saturated heterocycles. The van der Waals surface area contributed by atoms with Gasteiger partial charge >= 0.3 is 11.9 Å². The van der Waals surface area contributed by atoms with E-state index in [2.05, 4.69) is 70.8 Å². The molecule has 31 heavy (non-hydrogen) atoms. The van der Waals surface area contributed by atoms with Crippen molar-refractivity contribution in [3.63, 3.8) is 0 Å². The minimum absolute atomic E-state index is 0.481. The first kappa shape index (κ1) is 22.6. The number of fused-ring (bicyclic) bond motifs is 5. The number of piperazine rings is 1. The molecule has 0 amide bonds. The summed E-state index contributed by atoms with van der Waals surface area (Å²) in [7, 11) is 0. The number of anilines is 1. The lowest BCUT2D eigenvalue weighted by molar-refractivity contribution is -0.134. The second kappa shape index (κ2) is 10.3. The number of benzene rings is 1. The summed E-state index contributed by atoms with van der Waals surface area (Å²) in [5.41, 5.74) is 4.35. The Morgan fingerprint density at radius 2 is 1.77 bits per heavy atom. The van der Waals surface area contributed by atoms with Crippen molar-refractivity contribution in [1.29, 1.82) is 0 Å². The van der Waals surface area contributed by atoms with Crippen LogP contribution in [0.1, 0.15) is 37.6 Å². The van der Waals surface area contributed by atoms with E-state index in [0.717, 1.165) is 25.6 Å². The molecule has 1 aromatic carbocycles. The predicted molar refractivity (Wildman–Crippen MR) is 120 cm³/mol. The fourth-order valence-corrected chi connectivity index (χ4v) is 4.15. The molecule has 2 N–H and O–H groups in total. The van der Waals surface area contributed by atoms with Crippen molar-refractivity contribution in [2.45, 2.75) is 32.9 Å². The molecule has 0 saturated carbocycles. The Hall–Kier alpha value is -3.06. The smallest absolute Gasteiger partial charge is 0.328 e. The molecule has 0 radical (unpaired) electrons. The second-order valence-corrected chi connectivity index (χ2v) is 8.39. The van der Waals surface area contributed by atoms with Gasteiger partial charge in [-0.05, 0) is 42.6 Å². The molecule has 1 fully saturated rings. The second-order valence-electron chi connectivity index (χ2n) is 8.39. The average molecular weight is 426 g/mol. The molecule has 7 nitrogen and oxygen atoms in total. The fraction of sp³-hybridized carbons (Fsp3) is 0.417. The van der Waals surface area contributed by atoms with Gasteiger partial charge in [0.05, 0.1) is 6.04 Å². The molecule has 2 aliphatic heterocycles. The summed E-state index contributed by atoms with van der Waals surface area (Å²) < 4.78 is 2.44. The van der Waals surface area contributed by atoms with Crippen LogP contribution in [0.2, 0.25) is 0 Å². The van der Waals surface area contributed by atoms with Crippen LogP contribution in [0, 0.1) is 5.92 Å². The number of hydrogen-bond donors (Lipinski definition) is 2. The number of hydrogen-bond acceptors (Lipinski definition) is 4. The van der Waals surface area contributed by atoms with E-state index in [9.17, 15) is 9.59 Å². The molecule has 0 spiro atoms. The van der Waals surface area contributed by atoms with Crippen LogP contribution in [0.15, 0.2) is 54.7 Å². The van der Waals surface area contributed by atoms with Crippen LogP contribution >= 0.6 is 0 Å². The van der Waals surface area contributed by atoms with Gasteiger partial charge in [0.1, 0.15) is 0 Å². The van der Waals surface area contributed by atoms with E-state index in [1.807, 2.05) is 0 Å². The Bertz CT molecular complexity index is 918. The maximum atomic E-state index is 9.55. The van der Waals surface area contributed by atoms with E-state index < -0.39 is 11.9 Å². The number of carboxylic acids is 2. The van der Waals surface area contributed by atoms with Gasteiger partial charge in [-0.2, -0.15) is 0 Å². The molecule has 1 unspecified atom stereocenters. The highest BCUT2D eigenvalue weighted by Gasteiger charge is 2.33. The van der Waals surface area contributed by atoms with Gasteiger partial charge in [0.15, 0.2) is 0 Å². The monoisotopic (exact) mass is 425 g/mol. The van der Waals surface area contributed by atoms with E-state index in [1.54, 1.807) is 0 Å². The average Bonchev–Trinajstić information content (AvgIpc) is 3.15. The first-order chi connectivity index (χ1) is 14.8. The molecule has 2 aromatic rings. The predicted octanol–water partition coefficient (Wildman–Crippen LogP) is 3.47. The lowest BCUT2D eigenvalue weighted by Crippen LogP contribution is -2.49. The molecule has 7 heteroatoms. The van der Waals surface area contributed by atoms with Gasteiger partial charge in [-0.15, -0.1) is 0 Å². The number of carboxylic acid groups (broad SMARTS) is 2. The van der Waals surface area contributed by atoms with Crippen molar-refractivity contribution >= 4 is 17.6 Å². The summed E-state index contributed by atoms with van der Waals surface area (Å²) in [5, 5.41) is 15.6. The third-order valence-electron chi connectivity index (χ3n) is 5.70. The van der Waals surface area contributed by atoms with Crippen molar-refractivity contribution in [3.8, 4) is 0 Å². The third kappa shape index (κ3) is 5.98. The highest BCUT2D eigenvalue weighted by molar-refractivity contribution is 5.89. The minimum Gasteiger partial charge on any atom is -0.478 e. The van der Waals surface area contributed by atoms with Crippen molar-refractivity contribution in [2.24, 2.45) is 5.92 Å². The molecule has 4 rings (SSSR count). The van der Waals surface area contributed by atoms with Gasteiger partial charge < -0.3 is 19.7 Å². The van der Waals surface area contributed by atoms with Gasteiger partial charge in [-0.3, -0.25) is 4.90 Å². The number of para-hydroxylation sites is 1. The maximum Gasteiger partial charge on any atom is 0.328 e. The summed E-state index contributed by atoms with van der Waals surface area (Å²) in [6.07, 6.45) is 4.65. The molecule has 2 aliphatic rings. The van der Waals surface area contributed by atoms with Crippen LogP contribution < -0.4 is 4.90 Å². The lowest BCUT2D eigenvalue weighted by Gasteiger charge is -2.42. The van der Waals surface area contributed by atoms with E-state index >= 15 is 0 Å². The fourth-order valence-electron chi connectivity index (χ4n) is 4.15. The van der Waals surface area contributed by atoms with Crippen LogP contribution in [0.3, 0.4) is 0 Å². The van der Waals surface area contributed by atoms with E-state index in [0.29, 0.717) is 18.2 Å². The lowest BCUT2D eigenvalue weighted by atomic mass is 10.0. The standard InChI is InChI=1S/C20H27N3.C4H4O4/c1-16(2)9-11-21-12-13-23-18-7-4-3-6-17(18)14-22-10-5-8-19(22)20(23)15-21;5-3(6)1-2-4(7)8/h3-8,10,16,20H,9,11-15H2,1-2H3;1-2H,(H,5,6)(H,7,8)/b;2-1-. The van der Waals surface area contributed by atoms with Crippen molar-refractivity contribution in [3.05, 3.63) is 66.0 Å². The van der Waals surface area contributed by atoms with Crippen molar-refractivity contribution < 1.29 is 19.8 Å². The molecular formula is C24H31N3O4. The minimum atomic E-state index is -1.26. The Labute approximate surface area is 183 Å². The number of nitrogens with zero attached hydrogens (tertiary/aromatic N) is 3. The van der Waals surface area contributed by atoms with Crippen molar-refractivity contribution in [1.82, 2.24) is 9.47 Å². The molecule has 3 heterocycles. The first-order valence-electron chi connectivity index (χ1n) is 10.7. The van der Waals surface area contributed by atoms with Gasteiger partial charge in [0, 0.05) is 55.9 Å². The molecule has 1 atom stereocenters. The molecule has 1 aromatic heterocycles. The number of aromatic nitrogens is 1. The van der Waals surface area contributed by atoms with Crippen LogP contribution in [0.25, 0.3) is 0 Å². The topological polar surface area (TPSA) is 86.0 Å². The highest BCUT2D eigenvalue weighted by atomic mass is 16.4. The van der Waals surface area contributed by atoms with Gasteiger partial charge in [-0.25, -0.2) is 9.59 Å². The van der Waals surface area contributed by atoms with Crippen LogP contribution in [0.4, 0.5) is 5.69 Å². The van der Waals surface area contributed by atoms with Crippen LogP contribution in [0.5, 0.6) is 0 Å². The largest absolute Gasteiger partial charge is 0.478 e. The summed E-state index contributed by atoms with van der Waals surface area (Å²) in [5.74, 6) is -1.73. The normalized spacial score (nSPS) is 17.9. The van der Waals surface area contributed by atoms with Gasteiger partial charge in [0.2, 0.25) is 0 Å². The SMILES string of the molecule is CC(C)CCN1CCN2c3ccccc3Cn3cccc3C2C1.O=C(O)/C=C\C(=O)O. The maximum absolute atomic E-state index is 9.55. The Kier molecular flexibility index (Phi) is 7.52. The highest BCUT2D eigenvalue weighted by Crippen LogP contribution is 2.36. The third-order valence-corrected chi connectivity index (χ3v) is 5.70. The Morgan fingerprint density at radius 1 is 1.06 bits per heavy atom. The molecule has 166 valence electrons. The summed E-state index contributed by atoms with van der Waals surface area (Å²) >= 11 is 0. The van der Waals surface area contributed by atoms with Crippen LogP contribution in [-0.4, -0.2) is 57.8 Å². The van der Waals surface area contributed by atoms with Gasteiger partial charge in [-0.1, -0.05) is 32.0 Å². The van der Waals surface area contributed by atoms with E-state index in [4.69, 9.17) is 10.2 Å². The quantitative estimate of drug-likeness (QED) is 0.714. The molecular weight excluding hydrogens is 394 g/mol. The Morgan fingerprint density at radius 3 is 2.45 bits per heavy atom. The van der Waals surface area contributed by atoms with E-state index in [1.165, 1.54) is 36.5 Å².